The molecule has 0 atom stereocenters. The fourth-order valence-corrected chi connectivity index (χ4v) is 3.44. The first-order chi connectivity index (χ1) is 10.4. The van der Waals surface area contributed by atoms with Crippen molar-refractivity contribution in [2.75, 3.05) is 6.54 Å². The Morgan fingerprint density at radius 3 is 2.23 bits per heavy atom. The van der Waals surface area contributed by atoms with Gasteiger partial charge in [0, 0.05) is 6.54 Å². The lowest BCUT2D eigenvalue weighted by atomic mass is 10.2. The van der Waals surface area contributed by atoms with E-state index >= 15 is 0 Å². The number of amides is 1. The minimum Gasteiger partial charge on any atom is -0.369 e. The molecule has 1 amide bonds. The first kappa shape index (κ1) is 16.1. The average molecular weight is 322 g/mol. The molecular formula is C15H15FN2O3S. The molecule has 22 heavy (non-hydrogen) atoms. The maximum absolute atomic E-state index is 13.8. The summed E-state index contributed by atoms with van der Waals surface area (Å²) in [6.07, 6.45) is 0. The van der Waals surface area contributed by atoms with Crippen LogP contribution in [-0.2, 0) is 21.4 Å². The second-order valence-corrected chi connectivity index (χ2v) is 6.56. The summed E-state index contributed by atoms with van der Waals surface area (Å²) in [5, 5.41) is 0. The Bertz CT molecular complexity index is 763. The summed E-state index contributed by atoms with van der Waals surface area (Å²) >= 11 is 0. The van der Waals surface area contributed by atoms with Crippen LogP contribution >= 0.6 is 0 Å². The molecule has 2 N–H and O–H groups in total. The Morgan fingerprint density at radius 1 is 1.05 bits per heavy atom. The van der Waals surface area contributed by atoms with Gasteiger partial charge in [0.1, 0.15) is 10.7 Å². The molecule has 0 saturated heterocycles. The van der Waals surface area contributed by atoms with Gasteiger partial charge in [-0.2, -0.15) is 4.31 Å². The fraction of sp³-hybridized carbons (Fsp3) is 0.133. The van der Waals surface area contributed by atoms with Crippen molar-refractivity contribution in [3.8, 4) is 0 Å². The molecule has 116 valence electrons. The van der Waals surface area contributed by atoms with Crippen LogP contribution < -0.4 is 5.73 Å². The van der Waals surface area contributed by atoms with Crippen LogP contribution in [0.4, 0.5) is 4.39 Å². The van der Waals surface area contributed by atoms with Gasteiger partial charge in [-0.15, -0.1) is 0 Å². The zero-order chi connectivity index (χ0) is 16.2. The Hall–Kier alpha value is -2.25. The van der Waals surface area contributed by atoms with Crippen LogP contribution in [0.5, 0.6) is 0 Å². The molecule has 0 aliphatic heterocycles. The van der Waals surface area contributed by atoms with E-state index in [9.17, 15) is 17.6 Å². The summed E-state index contributed by atoms with van der Waals surface area (Å²) in [5.41, 5.74) is 5.79. The number of primary amides is 1. The van der Waals surface area contributed by atoms with Crippen molar-refractivity contribution >= 4 is 15.9 Å². The number of halogens is 1. The Labute approximate surface area is 128 Å². The summed E-state index contributed by atoms with van der Waals surface area (Å²) in [7, 11) is -4.17. The number of hydrogen-bond donors (Lipinski definition) is 1. The third-order valence-electron chi connectivity index (χ3n) is 2.99. The van der Waals surface area contributed by atoms with E-state index in [-0.39, 0.29) is 6.54 Å². The molecule has 5 nitrogen and oxygen atoms in total. The highest BCUT2D eigenvalue weighted by molar-refractivity contribution is 7.89. The molecule has 0 bridgehead atoms. The summed E-state index contributed by atoms with van der Waals surface area (Å²) in [6.45, 7) is -0.591. The van der Waals surface area contributed by atoms with Crippen molar-refractivity contribution in [2.45, 2.75) is 11.4 Å². The van der Waals surface area contributed by atoms with E-state index in [2.05, 4.69) is 0 Å². The molecule has 0 unspecified atom stereocenters. The smallest absolute Gasteiger partial charge is 0.246 e. The van der Waals surface area contributed by atoms with Gasteiger partial charge in [-0.3, -0.25) is 4.79 Å². The molecule has 0 spiro atoms. The van der Waals surface area contributed by atoms with Crippen molar-refractivity contribution in [3.63, 3.8) is 0 Å². The van der Waals surface area contributed by atoms with Crippen LogP contribution in [0.15, 0.2) is 59.5 Å². The molecular weight excluding hydrogens is 307 g/mol. The number of carbonyl (C=O) groups excluding carboxylic acids is 1. The van der Waals surface area contributed by atoms with E-state index in [1.807, 2.05) is 0 Å². The number of carbonyl (C=O) groups is 1. The first-order valence-electron chi connectivity index (χ1n) is 6.48. The minimum atomic E-state index is -4.17. The van der Waals surface area contributed by atoms with Gasteiger partial charge in [0.25, 0.3) is 0 Å². The van der Waals surface area contributed by atoms with E-state index in [0.717, 1.165) is 16.4 Å². The second-order valence-electron chi connectivity index (χ2n) is 4.66. The van der Waals surface area contributed by atoms with E-state index < -0.39 is 33.2 Å². The molecule has 0 aliphatic carbocycles. The van der Waals surface area contributed by atoms with Gasteiger partial charge in [-0.1, -0.05) is 42.5 Å². The van der Waals surface area contributed by atoms with E-state index in [1.54, 1.807) is 30.3 Å². The van der Waals surface area contributed by atoms with Gasteiger partial charge in [-0.25, -0.2) is 12.8 Å². The highest BCUT2D eigenvalue weighted by atomic mass is 32.2. The third kappa shape index (κ3) is 3.69. The number of nitrogens with two attached hydrogens (primary N) is 1. The van der Waals surface area contributed by atoms with Gasteiger partial charge in [-0.05, 0) is 17.7 Å². The Kier molecular flexibility index (Phi) is 4.89. The maximum atomic E-state index is 13.8. The van der Waals surface area contributed by atoms with Crippen molar-refractivity contribution in [3.05, 3.63) is 66.0 Å². The number of rotatable bonds is 6. The summed E-state index contributed by atoms with van der Waals surface area (Å²) in [6, 6.07) is 13.7. The van der Waals surface area contributed by atoms with Gasteiger partial charge < -0.3 is 5.73 Å². The zero-order valence-electron chi connectivity index (χ0n) is 11.6. The van der Waals surface area contributed by atoms with Gasteiger partial charge in [0.2, 0.25) is 15.9 Å². The van der Waals surface area contributed by atoms with Gasteiger partial charge in [0.15, 0.2) is 0 Å². The molecule has 0 saturated carbocycles. The SMILES string of the molecule is NC(=O)CN(Cc1ccccc1)S(=O)(=O)c1ccccc1F. The zero-order valence-corrected chi connectivity index (χ0v) is 12.5. The lowest BCUT2D eigenvalue weighted by molar-refractivity contribution is -0.118. The van der Waals surface area contributed by atoms with Crippen LogP contribution in [0.3, 0.4) is 0 Å². The fourth-order valence-electron chi connectivity index (χ4n) is 1.98. The number of sulfonamides is 1. The standard InChI is InChI=1S/C15H15FN2O3S/c16-13-8-4-5-9-14(13)22(20,21)18(11-15(17)19)10-12-6-2-1-3-7-12/h1-9H,10-11H2,(H2,17,19). The molecule has 0 fully saturated rings. The lowest BCUT2D eigenvalue weighted by Crippen LogP contribution is -2.38. The minimum absolute atomic E-state index is 0.0690. The lowest BCUT2D eigenvalue weighted by Gasteiger charge is -2.21. The second kappa shape index (κ2) is 6.67. The van der Waals surface area contributed by atoms with Gasteiger partial charge in [0.05, 0.1) is 6.54 Å². The summed E-state index contributed by atoms with van der Waals surface area (Å²) in [5.74, 6) is -1.68. The Balaban J connectivity index is 2.40. The quantitative estimate of drug-likeness (QED) is 0.875. The summed E-state index contributed by atoms with van der Waals surface area (Å²) in [4.78, 5) is 10.7. The average Bonchev–Trinajstić information content (AvgIpc) is 2.47. The van der Waals surface area contributed by atoms with Crippen LogP contribution in [-0.4, -0.2) is 25.2 Å². The monoisotopic (exact) mass is 322 g/mol. The largest absolute Gasteiger partial charge is 0.369 e. The van der Waals surface area contributed by atoms with Crippen molar-refractivity contribution in [1.29, 1.82) is 0 Å². The highest BCUT2D eigenvalue weighted by Gasteiger charge is 2.28. The van der Waals surface area contributed by atoms with Crippen molar-refractivity contribution in [2.24, 2.45) is 5.73 Å². The van der Waals surface area contributed by atoms with Crippen molar-refractivity contribution in [1.82, 2.24) is 4.31 Å². The Morgan fingerprint density at radius 2 is 1.64 bits per heavy atom. The van der Waals surface area contributed by atoms with Gasteiger partial charge >= 0.3 is 0 Å². The van der Waals surface area contributed by atoms with Crippen LogP contribution in [0, 0.1) is 5.82 Å². The molecule has 0 heterocycles. The van der Waals surface area contributed by atoms with Crippen LogP contribution in [0.1, 0.15) is 5.56 Å². The normalized spacial score (nSPS) is 11.5. The molecule has 0 aromatic heterocycles. The van der Waals surface area contributed by atoms with E-state index in [4.69, 9.17) is 5.73 Å². The molecule has 2 aromatic rings. The molecule has 2 rings (SSSR count). The number of hydrogen-bond acceptors (Lipinski definition) is 3. The van der Waals surface area contributed by atoms with Crippen LogP contribution in [0.25, 0.3) is 0 Å². The molecule has 2 aromatic carbocycles. The number of nitrogens with zero attached hydrogens (tertiary/aromatic N) is 1. The topological polar surface area (TPSA) is 80.5 Å². The predicted molar refractivity (Wildman–Crippen MR) is 79.6 cm³/mol. The van der Waals surface area contributed by atoms with Crippen LogP contribution in [0.2, 0.25) is 0 Å². The highest BCUT2D eigenvalue weighted by Crippen LogP contribution is 2.20. The third-order valence-corrected chi connectivity index (χ3v) is 4.81. The summed E-state index contributed by atoms with van der Waals surface area (Å²) < 4.78 is 39.8. The van der Waals surface area contributed by atoms with E-state index in [1.165, 1.54) is 12.1 Å². The molecule has 0 aliphatic rings. The number of benzene rings is 2. The van der Waals surface area contributed by atoms with E-state index in [0.29, 0.717) is 5.56 Å². The molecule has 7 heteroatoms. The van der Waals surface area contributed by atoms with Crippen molar-refractivity contribution < 1.29 is 17.6 Å². The first-order valence-corrected chi connectivity index (χ1v) is 7.92. The maximum Gasteiger partial charge on any atom is 0.246 e. The predicted octanol–water partition coefficient (Wildman–Crippen LogP) is 1.50. The molecule has 0 radical (unpaired) electrons.